The van der Waals surface area contributed by atoms with E-state index >= 15 is 0 Å². The van der Waals surface area contributed by atoms with E-state index in [9.17, 15) is 18.0 Å². The number of fused-ring (bicyclic) bond motifs is 1. The molecule has 1 aliphatic heterocycles. The molecule has 0 aliphatic carbocycles. The van der Waals surface area contributed by atoms with E-state index < -0.39 is 17.9 Å². The van der Waals surface area contributed by atoms with E-state index in [0.29, 0.717) is 24.0 Å². The highest BCUT2D eigenvalue weighted by Crippen LogP contribution is 2.37. The topological polar surface area (TPSA) is 94.5 Å². The SMILES string of the molecule is COc1ccc(-c2nc(C(=O)N3CCC3)c([C@H](C)N)o2)c2ccc(C(F)(F)F)nc12. The molecule has 158 valence electrons. The van der Waals surface area contributed by atoms with Gasteiger partial charge in [-0.2, -0.15) is 13.2 Å². The summed E-state index contributed by atoms with van der Waals surface area (Å²) in [7, 11) is 1.35. The molecule has 0 radical (unpaired) electrons. The van der Waals surface area contributed by atoms with Crippen LogP contribution in [0.1, 0.15) is 41.3 Å². The Balaban J connectivity index is 1.88. The van der Waals surface area contributed by atoms with Gasteiger partial charge in [0.15, 0.2) is 11.5 Å². The molecule has 0 saturated carbocycles. The predicted octanol–water partition coefficient (Wildman–Crippen LogP) is 3.78. The molecule has 2 aromatic heterocycles. The average Bonchev–Trinajstić information content (AvgIpc) is 3.10. The van der Waals surface area contributed by atoms with Crippen molar-refractivity contribution < 1.29 is 27.1 Å². The van der Waals surface area contributed by atoms with E-state index in [-0.39, 0.29) is 34.5 Å². The summed E-state index contributed by atoms with van der Waals surface area (Å²) in [5.41, 5.74) is 5.44. The second-order valence-corrected chi connectivity index (χ2v) is 7.07. The minimum Gasteiger partial charge on any atom is -0.494 e. The van der Waals surface area contributed by atoms with Gasteiger partial charge in [-0.3, -0.25) is 4.79 Å². The first-order valence-corrected chi connectivity index (χ1v) is 9.31. The van der Waals surface area contributed by atoms with Gasteiger partial charge < -0.3 is 19.8 Å². The number of likely N-dealkylation sites (tertiary alicyclic amines) is 1. The first kappa shape index (κ1) is 20.1. The van der Waals surface area contributed by atoms with Crippen LogP contribution in [-0.4, -0.2) is 41.0 Å². The van der Waals surface area contributed by atoms with Crippen molar-refractivity contribution in [1.82, 2.24) is 14.9 Å². The molecule has 0 spiro atoms. The van der Waals surface area contributed by atoms with Crippen LogP contribution in [0.3, 0.4) is 0 Å². The maximum absolute atomic E-state index is 13.1. The summed E-state index contributed by atoms with van der Waals surface area (Å²) in [4.78, 5) is 22.4. The summed E-state index contributed by atoms with van der Waals surface area (Å²) < 4.78 is 50.4. The summed E-state index contributed by atoms with van der Waals surface area (Å²) in [6, 6.07) is 4.66. The molecule has 7 nitrogen and oxygen atoms in total. The number of carbonyl (C=O) groups is 1. The van der Waals surface area contributed by atoms with E-state index in [2.05, 4.69) is 9.97 Å². The standard InChI is InChI=1S/C20H19F3N4O3/c1-10(24)17-16(19(28)27-8-3-9-27)26-18(30-17)12-4-6-13(29-2)15-11(12)5-7-14(25-15)20(21,22)23/h4-7,10H,3,8-9,24H2,1-2H3/t10-/m0/s1. The third-order valence-electron chi connectivity index (χ3n) is 4.97. The zero-order chi connectivity index (χ0) is 21.6. The van der Waals surface area contributed by atoms with Gasteiger partial charge in [0.25, 0.3) is 5.91 Å². The number of benzene rings is 1. The van der Waals surface area contributed by atoms with Crippen LogP contribution in [0.2, 0.25) is 0 Å². The number of hydrogen-bond donors (Lipinski definition) is 1. The number of nitrogens with zero attached hydrogens (tertiary/aromatic N) is 3. The average molecular weight is 420 g/mol. The summed E-state index contributed by atoms with van der Waals surface area (Å²) in [5.74, 6) is 0.209. The summed E-state index contributed by atoms with van der Waals surface area (Å²) in [6.45, 7) is 2.94. The highest BCUT2D eigenvalue weighted by Gasteiger charge is 2.34. The fraction of sp³-hybridized carbons (Fsp3) is 0.350. The van der Waals surface area contributed by atoms with Gasteiger partial charge in [0.05, 0.1) is 13.2 Å². The van der Waals surface area contributed by atoms with Crippen molar-refractivity contribution >= 4 is 16.8 Å². The van der Waals surface area contributed by atoms with Crippen molar-refractivity contribution in [1.29, 1.82) is 0 Å². The molecular weight excluding hydrogens is 401 g/mol. The Hall–Kier alpha value is -3.14. The van der Waals surface area contributed by atoms with Crippen LogP contribution in [0, 0.1) is 0 Å². The second-order valence-electron chi connectivity index (χ2n) is 7.07. The van der Waals surface area contributed by atoms with Crippen LogP contribution in [0.15, 0.2) is 28.7 Å². The lowest BCUT2D eigenvalue weighted by atomic mass is 10.1. The van der Waals surface area contributed by atoms with Gasteiger partial charge in [-0.1, -0.05) is 0 Å². The quantitative estimate of drug-likeness (QED) is 0.690. The number of alkyl halides is 3. The fourth-order valence-electron chi connectivity index (χ4n) is 3.28. The Labute approximate surface area is 169 Å². The third kappa shape index (κ3) is 3.36. The van der Waals surface area contributed by atoms with Gasteiger partial charge in [0.1, 0.15) is 17.0 Å². The van der Waals surface area contributed by atoms with Crippen molar-refractivity contribution in [3.63, 3.8) is 0 Å². The van der Waals surface area contributed by atoms with Crippen molar-refractivity contribution in [2.45, 2.75) is 25.6 Å². The van der Waals surface area contributed by atoms with Crippen molar-refractivity contribution in [3.8, 4) is 17.2 Å². The van der Waals surface area contributed by atoms with Gasteiger partial charge in [-0.25, -0.2) is 9.97 Å². The molecule has 1 fully saturated rings. The number of oxazole rings is 1. The Morgan fingerprint density at radius 3 is 2.53 bits per heavy atom. The lowest BCUT2D eigenvalue weighted by Gasteiger charge is -2.30. The molecule has 1 amide bonds. The molecule has 30 heavy (non-hydrogen) atoms. The summed E-state index contributed by atoms with van der Waals surface area (Å²) in [5, 5.41) is 0.350. The zero-order valence-electron chi connectivity index (χ0n) is 16.3. The lowest BCUT2D eigenvalue weighted by Crippen LogP contribution is -2.42. The molecule has 0 bridgehead atoms. The minimum absolute atomic E-state index is 0.0148. The van der Waals surface area contributed by atoms with Gasteiger partial charge in [-0.15, -0.1) is 0 Å². The van der Waals surface area contributed by atoms with Crippen molar-refractivity contribution in [2.24, 2.45) is 5.73 Å². The smallest absolute Gasteiger partial charge is 0.433 e. The molecule has 1 atom stereocenters. The molecule has 3 aromatic rings. The van der Waals surface area contributed by atoms with Crippen molar-refractivity contribution in [2.75, 3.05) is 20.2 Å². The van der Waals surface area contributed by atoms with Gasteiger partial charge >= 0.3 is 6.18 Å². The third-order valence-corrected chi connectivity index (χ3v) is 4.97. The number of hydrogen-bond acceptors (Lipinski definition) is 6. The molecule has 1 saturated heterocycles. The van der Waals surface area contributed by atoms with Crippen LogP contribution in [0.4, 0.5) is 13.2 Å². The van der Waals surface area contributed by atoms with E-state index in [1.165, 1.54) is 19.2 Å². The highest BCUT2D eigenvalue weighted by molar-refractivity contribution is 5.98. The number of pyridine rings is 1. The Morgan fingerprint density at radius 2 is 1.97 bits per heavy atom. The molecule has 1 aliphatic rings. The molecule has 2 N–H and O–H groups in total. The van der Waals surface area contributed by atoms with E-state index in [4.69, 9.17) is 14.9 Å². The Kier molecular flexibility index (Phi) is 4.89. The molecule has 1 aromatic carbocycles. The summed E-state index contributed by atoms with van der Waals surface area (Å²) >= 11 is 0. The molecular formula is C20H19F3N4O3. The van der Waals surface area contributed by atoms with Gasteiger partial charge in [0, 0.05) is 24.0 Å². The van der Waals surface area contributed by atoms with E-state index in [0.717, 1.165) is 12.5 Å². The first-order valence-electron chi connectivity index (χ1n) is 9.31. The number of carbonyl (C=O) groups excluding carboxylic acids is 1. The number of methoxy groups -OCH3 is 1. The summed E-state index contributed by atoms with van der Waals surface area (Å²) in [6.07, 6.45) is -3.68. The molecule has 10 heteroatoms. The minimum atomic E-state index is -4.60. The molecule has 0 unspecified atom stereocenters. The van der Waals surface area contributed by atoms with Crippen LogP contribution in [-0.2, 0) is 6.18 Å². The molecule has 3 heterocycles. The fourth-order valence-corrected chi connectivity index (χ4v) is 3.28. The molecule has 4 rings (SSSR count). The number of amides is 1. The van der Waals surface area contributed by atoms with Crippen LogP contribution in [0.25, 0.3) is 22.4 Å². The lowest BCUT2D eigenvalue weighted by molar-refractivity contribution is -0.140. The Bertz CT molecular complexity index is 1120. The van der Waals surface area contributed by atoms with Crippen LogP contribution < -0.4 is 10.5 Å². The highest BCUT2D eigenvalue weighted by atomic mass is 19.4. The monoisotopic (exact) mass is 420 g/mol. The number of aromatic nitrogens is 2. The number of ether oxygens (including phenoxy) is 1. The van der Waals surface area contributed by atoms with Crippen molar-refractivity contribution in [3.05, 3.63) is 41.4 Å². The van der Waals surface area contributed by atoms with E-state index in [1.807, 2.05) is 0 Å². The van der Waals surface area contributed by atoms with Gasteiger partial charge in [0.2, 0.25) is 5.89 Å². The number of rotatable bonds is 4. The van der Waals surface area contributed by atoms with Crippen LogP contribution >= 0.6 is 0 Å². The normalized spacial score (nSPS) is 15.2. The maximum Gasteiger partial charge on any atom is 0.433 e. The second kappa shape index (κ2) is 7.28. The first-order chi connectivity index (χ1) is 14.2. The van der Waals surface area contributed by atoms with Crippen LogP contribution in [0.5, 0.6) is 5.75 Å². The largest absolute Gasteiger partial charge is 0.494 e. The predicted molar refractivity (Wildman–Crippen MR) is 102 cm³/mol. The van der Waals surface area contributed by atoms with E-state index in [1.54, 1.807) is 17.9 Å². The maximum atomic E-state index is 13.1. The number of nitrogens with two attached hydrogens (primary N) is 1. The number of halogens is 3. The van der Waals surface area contributed by atoms with Gasteiger partial charge in [-0.05, 0) is 37.6 Å². The zero-order valence-corrected chi connectivity index (χ0v) is 16.3. The Morgan fingerprint density at radius 1 is 1.23 bits per heavy atom.